The number of nitrogens with zero attached hydrogens (tertiary/aromatic N) is 3. The molecule has 1 fully saturated rings. The summed E-state index contributed by atoms with van der Waals surface area (Å²) in [7, 11) is 1.71. The first-order valence-electron chi connectivity index (χ1n) is 8.38. The van der Waals surface area contributed by atoms with Gasteiger partial charge in [-0.15, -0.1) is 0 Å². The highest BCUT2D eigenvalue weighted by Gasteiger charge is 2.20. The lowest BCUT2D eigenvalue weighted by molar-refractivity contribution is 0.185. The summed E-state index contributed by atoms with van der Waals surface area (Å²) in [6, 6.07) is 10.5. The molecule has 2 aromatic rings. The van der Waals surface area contributed by atoms with Gasteiger partial charge in [-0.3, -0.25) is 0 Å². The molecular weight excluding hydrogens is 290 g/mol. The predicted molar refractivity (Wildman–Crippen MR) is 88.4 cm³/mol. The van der Waals surface area contributed by atoms with Gasteiger partial charge in [-0.1, -0.05) is 30.3 Å². The van der Waals surface area contributed by atoms with Crippen LogP contribution in [-0.4, -0.2) is 41.7 Å². The summed E-state index contributed by atoms with van der Waals surface area (Å²) in [5.74, 6) is 2.54. The summed E-state index contributed by atoms with van der Waals surface area (Å²) in [6.07, 6.45) is 3.82. The Morgan fingerprint density at radius 2 is 2.13 bits per heavy atom. The Bertz CT molecular complexity index is 592. The molecule has 5 nitrogen and oxygen atoms in total. The molecule has 0 radical (unpaired) electrons. The van der Waals surface area contributed by atoms with Crippen LogP contribution < -0.4 is 0 Å². The molecule has 0 unspecified atom stereocenters. The average molecular weight is 315 g/mol. The molecule has 23 heavy (non-hydrogen) atoms. The fraction of sp³-hybridized carbons (Fsp3) is 0.556. The van der Waals surface area contributed by atoms with Gasteiger partial charge in [-0.2, -0.15) is 5.10 Å². The topological polar surface area (TPSA) is 49.2 Å². The zero-order valence-corrected chi connectivity index (χ0v) is 13.8. The van der Waals surface area contributed by atoms with Crippen LogP contribution in [0.25, 0.3) is 0 Å². The summed E-state index contributed by atoms with van der Waals surface area (Å²) in [5, 5.41) is 4.69. The van der Waals surface area contributed by atoms with Gasteiger partial charge < -0.3 is 9.47 Å². The van der Waals surface area contributed by atoms with E-state index in [1.165, 1.54) is 5.56 Å². The van der Waals surface area contributed by atoms with Gasteiger partial charge in [0.1, 0.15) is 5.82 Å². The van der Waals surface area contributed by atoms with Crippen LogP contribution in [0.3, 0.4) is 0 Å². The summed E-state index contributed by atoms with van der Waals surface area (Å²) < 4.78 is 12.7. The van der Waals surface area contributed by atoms with Crippen LogP contribution in [0.15, 0.2) is 30.3 Å². The van der Waals surface area contributed by atoms with E-state index in [2.05, 4.69) is 34.0 Å². The largest absolute Gasteiger partial charge is 0.384 e. The second-order valence-corrected chi connectivity index (χ2v) is 6.08. The SMILES string of the molecule is COCCc1nc(C[C@H]2CCOC2)n(CCc2ccccc2)n1. The van der Waals surface area contributed by atoms with Crippen LogP contribution in [0.4, 0.5) is 0 Å². The van der Waals surface area contributed by atoms with E-state index in [0.29, 0.717) is 12.5 Å². The second-order valence-electron chi connectivity index (χ2n) is 6.08. The van der Waals surface area contributed by atoms with E-state index in [4.69, 9.17) is 14.5 Å². The van der Waals surface area contributed by atoms with Crippen molar-refractivity contribution in [1.29, 1.82) is 0 Å². The molecule has 5 heteroatoms. The number of rotatable bonds is 8. The zero-order valence-electron chi connectivity index (χ0n) is 13.8. The Hall–Kier alpha value is -1.72. The third-order valence-electron chi connectivity index (χ3n) is 4.27. The lowest BCUT2D eigenvalue weighted by Crippen LogP contribution is -2.13. The molecule has 1 aromatic carbocycles. The third kappa shape index (κ3) is 4.62. The van der Waals surface area contributed by atoms with Gasteiger partial charge in [-0.05, 0) is 24.3 Å². The molecule has 1 aromatic heterocycles. The maximum Gasteiger partial charge on any atom is 0.153 e. The number of benzene rings is 1. The van der Waals surface area contributed by atoms with Crippen molar-refractivity contribution in [2.24, 2.45) is 5.92 Å². The zero-order chi connectivity index (χ0) is 15.9. The molecule has 0 aliphatic carbocycles. The van der Waals surface area contributed by atoms with E-state index in [9.17, 15) is 0 Å². The molecular formula is C18H25N3O2. The van der Waals surface area contributed by atoms with Crippen molar-refractivity contribution in [3.8, 4) is 0 Å². The highest BCUT2D eigenvalue weighted by Crippen LogP contribution is 2.18. The molecule has 3 rings (SSSR count). The van der Waals surface area contributed by atoms with Crippen molar-refractivity contribution < 1.29 is 9.47 Å². The minimum absolute atomic E-state index is 0.574. The Morgan fingerprint density at radius 3 is 2.87 bits per heavy atom. The second kappa shape index (κ2) is 8.22. The fourth-order valence-electron chi connectivity index (χ4n) is 2.94. The van der Waals surface area contributed by atoms with Crippen molar-refractivity contribution in [3.63, 3.8) is 0 Å². The van der Waals surface area contributed by atoms with Crippen molar-refractivity contribution in [1.82, 2.24) is 14.8 Å². The van der Waals surface area contributed by atoms with Crippen LogP contribution in [-0.2, 0) is 35.3 Å². The molecule has 2 heterocycles. The van der Waals surface area contributed by atoms with Gasteiger partial charge in [0.15, 0.2) is 5.82 Å². The lowest BCUT2D eigenvalue weighted by Gasteiger charge is -2.09. The normalized spacial score (nSPS) is 17.7. The van der Waals surface area contributed by atoms with Crippen molar-refractivity contribution in [2.45, 2.75) is 32.2 Å². The van der Waals surface area contributed by atoms with E-state index >= 15 is 0 Å². The van der Waals surface area contributed by atoms with Crippen molar-refractivity contribution >= 4 is 0 Å². The molecule has 1 aliphatic heterocycles. The quantitative estimate of drug-likeness (QED) is 0.750. The number of hydrogen-bond acceptors (Lipinski definition) is 4. The fourth-order valence-corrected chi connectivity index (χ4v) is 2.94. The van der Waals surface area contributed by atoms with Crippen LogP contribution in [0.5, 0.6) is 0 Å². The summed E-state index contributed by atoms with van der Waals surface area (Å²) in [6.45, 7) is 3.25. The number of aromatic nitrogens is 3. The smallest absolute Gasteiger partial charge is 0.153 e. The first-order valence-corrected chi connectivity index (χ1v) is 8.38. The molecule has 0 N–H and O–H groups in total. The van der Waals surface area contributed by atoms with E-state index in [1.807, 2.05) is 6.07 Å². The molecule has 0 saturated carbocycles. The van der Waals surface area contributed by atoms with E-state index in [1.54, 1.807) is 7.11 Å². The average Bonchev–Trinajstić information content (AvgIpc) is 3.22. The van der Waals surface area contributed by atoms with E-state index < -0.39 is 0 Å². The van der Waals surface area contributed by atoms with Gasteiger partial charge in [0.2, 0.25) is 0 Å². The molecule has 1 saturated heterocycles. The number of methoxy groups -OCH3 is 1. The Kier molecular flexibility index (Phi) is 5.77. The van der Waals surface area contributed by atoms with Crippen LogP contribution in [0, 0.1) is 5.92 Å². The molecule has 1 aliphatic rings. The van der Waals surface area contributed by atoms with Gasteiger partial charge in [0.25, 0.3) is 0 Å². The van der Waals surface area contributed by atoms with Crippen LogP contribution in [0.1, 0.15) is 23.6 Å². The van der Waals surface area contributed by atoms with Gasteiger partial charge in [0.05, 0.1) is 6.61 Å². The van der Waals surface area contributed by atoms with Gasteiger partial charge >= 0.3 is 0 Å². The van der Waals surface area contributed by atoms with Crippen LogP contribution >= 0.6 is 0 Å². The van der Waals surface area contributed by atoms with E-state index in [0.717, 1.165) is 57.1 Å². The highest BCUT2D eigenvalue weighted by molar-refractivity contribution is 5.14. The van der Waals surface area contributed by atoms with E-state index in [-0.39, 0.29) is 0 Å². The number of hydrogen-bond donors (Lipinski definition) is 0. The minimum Gasteiger partial charge on any atom is -0.384 e. The summed E-state index contributed by atoms with van der Waals surface area (Å²) in [4.78, 5) is 4.74. The first-order chi connectivity index (χ1) is 11.3. The maximum absolute atomic E-state index is 5.49. The maximum atomic E-state index is 5.49. The molecule has 1 atom stereocenters. The minimum atomic E-state index is 0.574. The summed E-state index contributed by atoms with van der Waals surface area (Å²) >= 11 is 0. The monoisotopic (exact) mass is 315 g/mol. The Labute approximate surface area is 137 Å². The number of aryl methyl sites for hydroxylation is 2. The molecule has 0 bridgehead atoms. The van der Waals surface area contributed by atoms with Crippen molar-refractivity contribution in [3.05, 3.63) is 47.5 Å². The first kappa shape index (κ1) is 16.1. The molecule has 124 valence electrons. The Morgan fingerprint density at radius 1 is 1.26 bits per heavy atom. The molecule has 0 spiro atoms. The van der Waals surface area contributed by atoms with Crippen molar-refractivity contribution in [2.75, 3.05) is 26.9 Å². The summed E-state index contributed by atoms with van der Waals surface area (Å²) in [5.41, 5.74) is 1.33. The van der Waals surface area contributed by atoms with Crippen LogP contribution in [0.2, 0.25) is 0 Å². The number of ether oxygens (including phenoxy) is 2. The molecule has 0 amide bonds. The lowest BCUT2D eigenvalue weighted by atomic mass is 10.0. The Balaban J connectivity index is 1.68. The standard InChI is InChI=1S/C18H25N3O2/c1-22-11-9-17-19-18(13-16-8-12-23-14-16)21(20-17)10-7-15-5-3-2-4-6-15/h2-6,16H,7-14H2,1H3/t16-/m1/s1. The predicted octanol–water partition coefficient (Wildman–Crippen LogP) is 2.29. The third-order valence-corrected chi connectivity index (χ3v) is 4.27. The highest BCUT2D eigenvalue weighted by atomic mass is 16.5. The van der Waals surface area contributed by atoms with Gasteiger partial charge in [0, 0.05) is 39.7 Å². The van der Waals surface area contributed by atoms with Gasteiger partial charge in [-0.25, -0.2) is 9.67 Å².